The van der Waals surface area contributed by atoms with E-state index in [1.54, 1.807) is 36.1 Å². The molecule has 2 aromatic heterocycles. The van der Waals surface area contributed by atoms with Crippen molar-refractivity contribution in [2.45, 2.75) is 32.4 Å². The highest BCUT2D eigenvalue weighted by atomic mass is 16.1. The summed E-state index contributed by atoms with van der Waals surface area (Å²) in [5.74, 6) is 0.723. The highest BCUT2D eigenvalue weighted by molar-refractivity contribution is 6.26. The molecule has 1 aromatic carbocycles. The average Bonchev–Trinajstić information content (AvgIpc) is 3.14. The first-order chi connectivity index (χ1) is 15.5. The van der Waals surface area contributed by atoms with E-state index in [1.807, 2.05) is 17.7 Å². The molecule has 0 atom stereocenters. The van der Waals surface area contributed by atoms with Gasteiger partial charge < -0.3 is 10.2 Å². The van der Waals surface area contributed by atoms with Gasteiger partial charge in [-0.15, -0.1) is 4.68 Å². The molecule has 2 aliphatic rings. The lowest BCUT2D eigenvalue weighted by Crippen LogP contribution is -2.47. The van der Waals surface area contributed by atoms with E-state index in [0.29, 0.717) is 36.0 Å². The van der Waals surface area contributed by atoms with Crippen LogP contribution in [-0.2, 0) is 13.6 Å². The molecule has 8 nitrogen and oxygen atoms in total. The van der Waals surface area contributed by atoms with Crippen molar-refractivity contribution < 1.29 is 14.4 Å². The Hall–Kier alpha value is -3.39. The summed E-state index contributed by atoms with van der Waals surface area (Å²) in [6.07, 6.45) is 2.07. The molecule has 5 rings (SSSR count). The fourth-order valence-corrected chi connectivity index (χ4v) is 4.67. The smallest absolute Gasteiger partial charge is 0.220 e. The highest BCUT2D eigenvalue weighted by Gasteiger charge is 2.39. The summed E-state index contributed by atoms with van der Waals surface area (Å²) in [5, 5.41) is 7.98. The number of aryl methyl sites for hydroxylation is 2. The second kappa shape index (κ2) is 8.27. The monoisotopic (exact) mass is 431 g/mol. The number of hydrogen-bond acceptors (Lipinski definition) is 6. The molecular weight excluding hydrogens is 404 g/mol. The number of benzene rings is 1. The van der Waals surface area contributed by atoms with Crippen molar-refractivity contribution in [1.82, 2.24) is 20.1 Å². The Balaban J connectivity index is 1.22. The van der Waals surface area contributed by atoms with Crippen LogP contribution in [-0.4, -0.2) is 52.0 Å². The maximum atomic E-state index is 13.1. The lowest BCUT2D eigenvalue weighted by Gasteiger charge is -2.33. The number of piperidine rings is 1. The van der Waals surface area contributed by atoms with Crippen LogP contribution >= 0.6 is 0 Å². The topological polar surface area (TPSA) is 84.0 Å². The zero-order chi connectivity index (χ0) is 22.2. The predicted octanol–water partition coefficient (Wildman–Crippen LogP) is 1.45. The number of hydrogen-bond donors (Lipinski definition) is 1. The summed E-state index contributed by atoms with van der Waals surface area (Å²) >= 11 is 0. The number of fused-ring (bicyclic) bond motifs is 2. The fourth-order valence-electron chi connectivity index (χ4n) is 4.67. The quantitative estimate of drug-likeness (QED) is 0.482. The molecule has 1 N–H and O–H groups in total. The van der Waals surface area contributed by atoms with E-state index < -0.39 is 0 Å². The van der Waals surface area contributed by atoms with Gasteiger partial charge in [-0.05, 0) is 36.7 Å². The molecule has 3 heterocycles. The number of ketones is 2. The summed E-state index contributed by atoms with van der Waals surface area (Å²) < 4.78 is 1.81. The number of nitrogens with zero attached hydrogens (tertiary/aromatic N) is 5. The van der Waals surface area contributed by atoms with Gasteiger partial charge in [0.1, 0.15) is 5.82 Å². The maximum Gasteiger partial charge on any atom is 0.220 e. The van der Waals surface area contributed by atoms with Gasteiger partial charge in [0.05, 0.1) is 6.54 Å². The standard InChI is InChI=1S/C24H27N6O2/c1-16-6-5-9-20(26-16)29-13-10-17(11-14-29)25-12-15-30-22-21(27-28(30)2)23(31)18-7-3-4-8-19(18)24(22)32/h3-9,17,25H,10-15H2,1-2H3/q+1. The lowest BCUT2D eigenvalue weighted by molar-refractivity contribution is -0.805. The van der Waals surface area contributed by atoms with Gasteiger partial charge in [-0.1, -0.05) is 30.3 Å². The van der Waals surface area contributed by atoms with Crippen molar-refractivity contribution in [3.8, 4) is 0 Å². The molecule has 0 radical (unpaired) electrons. The SMILES string of the molecule is Cc1cccc(N2CCC(NCCn3c4c(n[n+]3C)C(=O)c3ccccc3C4=O)CC2)n1. The molecule has 0 amide bonds. The van der Waals surface area contributed by atoms with E-state index >= 15 is 0 Å². The van der Waals surface area contributed by atoms with Gasteiger partial charge in [0.25, 0.3) is 0 Å². The van der Waals surface area contributed by atoms with Crippen LogP contribution in [0.2, 0.25) is 0 Å². The van der Waals surface area contributed by atoms with Crippen LogP contribution in [0.25, 0.3) is 0 Å². The van der Waals surface area contributed by atoms with Crippen molar-refractivity contribution >= 4 is 17.4 Å². The Morgan fingerprint density at radius 2 is 1.75 bits per heavy atom. The Bertz CT molecular complexity index is 1190. The largest absolute Gasteiger partial charge is 0.356 e. The van der Waals surface area contributed by atoms with Crippen molar-refractivity contribution in [2.75, 3.05) is 24.5 Å². The Morgan fingerprint density at radius 1 is 1.03 bits per heavy atom. The highest BCUT2D eigenvalue weighted by Crippen LogP contribution is 2.25. The molecule has 1 fully saturated rings. The number of pyridine rings is 1. The summed E-state index contributed by atoms with van der Waals surface area (Å²) in [5.41, 5.74) is 2.56. The van der Waals surface area contributed by atoms with Gasteiger partial charge >= 0.3 is 0 Å². The van der Waals surface area contributed by atoms with Crippen molar-refractivity contribution in [2.24, 2.45) is 7.05 Å². The lowest BCUT2D eigenvalue weighted by atomic mass is 9.90. The van der Waals surface area contributed by atoms with Crippen LogP contribution in [0.4, 0.5) is 5.82 Å². The number of rotatable bonds is 5. The van der Waals surface area contributed by atoms with Crippen LogP contribution in [0.1, 0.15) is 50.6 Å². The van der Waals surface area contributed by atoms with Crippen LogP contribution in [0.5, 0.6) is 0 Å². The first kappa shape index (κ1) is 20.5. The summed E-state index contributed by atoms with van der Waals surface area (Å²) in [7, 11) is 1.77. The molecular formula is C24H27N6O2+. The first-order valence-electron chi connectivity index (χ1n) is 11.1. The van der Waals surface area contributed by atoms with Crippen molar-refractivity contribution in [1.29, 1.82) is 0 Å². The van der Waals surface area contributed by atoms with E-state index in [4.69, 9.17) is 0 Å². The Kier molecular flexibility index (Phi) is 5.30. The minimum atomic E-state index is -0.186. The number of carbonyl (C=O) groups excluding carboxylic acids is 2. The summed E-state index contributed by atoms with van der Waals surface area (Å²) in [6, 6.07) is 13.5. The minimum Gasteiger partial charge on any atom is -0.356 e. The van der Waals surface area contributed by atoms with E-state index in [-0.39, 0.29) is 17.3 Å². The molecule has 0 unspecified atom stereocenters. The summed E-state index contributed by atoms with van der Waals surface area (Å²) in [6.45, 7) is 5.22. The normalized spacial score (nSPS) is 16.2. The molecule has 164 valence electrons. The van der Waals surface area contributed by atoms with Crippen molar-refractivity contribution in [3.63, 3.8) is 0 Å². The zero-order valence-corrected chi connectivity index (χ0v) is 18.4. The van der Waals surface area contributed by atoms with E-state index in [2.05, 4.69) is 32.4 Å². The number of nitrogens with one attached hydrogen (secondary N) is 1. The molecule has 0 saturated carbocycles. The molecule has 1 aliphatic carbocycles. The molecule has 8 heteroatoms. The minimum absolute atomic E-state index is 0.137. The zero-order valence-electron chi connectivity index (χ0n) is 18.4. The number of aromatic nitrogens is 4. The molecule has 0 spiro atoms. The molecule has 1 saturated heterocycles. The third-order valence-electron chi connectivity index (χ3n) is 6.37. The fraction of sp³-hybridized carbons (Fsp3) is 0.375. The van der Waals surface area contributed by atoms with Crippen LogP contribution in [0.3, 0.4) is 0 Å². The van der Waals surface area contributed by atoms with Gasteiger partial charge in [-0.3, -0.25) is 9.59 Å². The van der Waals surface area contributed by atoms with Gasteiger partial charge in [0.2, 0.25) is 17.3 Å². The van der Waals surface area contributed by atoms with E-state index in [9.17, 15) is 9.59 Å². The van der Waals surface area contributed by atoms with E-state index in [0.717, 1.165) is 37.4 Å². The number of carbonyl (C=O) groups is 2. The van der Waals surface area contributed by atoms with Gasteiger partial charge in [-0.2, -0.15) is 0 Å². The molecule has 32 heavy (non-hydrogen) atoms. The maximum absolute atomic E-state index is 13.1. The van der Waals surface area contributed by atoms with Gasteiger partial charge in [-0.25, -0.2) is 4.98 Å². The number of anilines is 1. The third-order valence-corrected chi connectivity index (χ3v) is 6.37. The summed E-state index contributed by atoms with van der Waals surface area (Å²) in [4.78, 5) is 34.5. The van der Waals surface area contributed by atoms with Gasteiger partial charge in [0, 0.05) is 47.6 Å². The predicted molar refractivity (Wildman–Crippen MR) is 119 cm³/mol. The van der Waals surface area contributed by atoms with Gasteiger partial charge in [0.15, 0.2) is 12.7 Å². The second-order valence-corrected chi connectivity index (χ2v) is 8.47. The molecule has 0 bridgehead atoms. The Morgan fingerprint density at radius 3 is 2.47 bits per heavy atom. The molecule has 1 aliphatic heterocycles. The Labute approximate surface area is 186 Å². The van der Waals surface area contributed by atoms with Crippen LogP contribution < -0.4 is 15.0 Å². The van der Waals surface area contributed by atoms with E-state index in [1.165, 1.54) is 0 Å². The first-order valence-corrected chi connectivity index (χ1v) is 11.1. The third kappa shape index (κ3) is 3.60. The molecule has 3 aromatic rings. The van der Waals surface area contributed by atoms with Crippen LogP contribution in [0, 0.1) is 6.92 Å². The second-order valence-electron chi connectivity index (χ2n) is 8.47. The van der Waals surface area contributed by atoms with Crippen molar-refractivity contribution in [3.05, 3.63) is 70.7 Å². The average molecular weight is 432 g/mol. The van der Waals surface area contributed by atoms with Crippen LogP contribution in [0.15, 0.2) is 42.5 Å².